The zero-order valence-electron chi connectivity index (χ0n) is 12.7. The SMILES string of the molecule is CCOC(=O)CCNC(=O)c1ccccc1C#CCCCO. The van der Waals surface area contributed by atoms with Gasteiger partial charge in [-0.25, -0.2) is 0 Å². The molecule has 1 amide bonds. The molecule has 0 atom stereocenters. The van der Waals surface area contributed by atoms with Crippen LogP contribution in [0.25, 0.3) is 0 Å². The fraction of sp³-hybridized carbons (Fsp3) is 0.412. The van der Waals surface area contributed by atoms with Gasteiger partial charge in [-0.2, -0.15) is 0 Å². The number of esters is 1. The van der Waals surface area contributed by atoms with E-state index in [1.165, 1.54) is 0 Å². The summed E-state index contributed by atoms with van der Waals surface area (Å²) in [7, 11) is 0. The molecule has 1 rings (SSSR count). The minimum Gasteiger partial charge on any atom is -0.466 e. The number of carbonyl (C=O) groups excluding carboxylic acids is 2. The van der Waals surface area contributed by atoms with Gasteiger partial charge in [0.15, 0.2) is 0 Å². The standard InChI is InChI=1S/C17H21NO4/c1-2-22-16(20)11-12-18-17(21)15-10-6-5-9-14(15)8-4-3-7-13-19/h5-6,9-10,19H,2-3,7,11-13H2,1H3,(H,18,21). The lowest BCUT2D eigenvalue weighted by Crippen LogP contribution is -2.27. The summed E-state index contributed by atoms with van der Waals surface area (Å²) in [5.74, 6) is 5.26. The Balaban J connectivity index is 2.60. The fourth-order valence-corrected chi connectivity index (χ4v) is 1.72. The van der Waals surface area contributed by atoms with Crippen LogP contribution in [0.1, 0.15) is 42.1 Å². The maximum atomic E-state index is 12.1. The number of aliphatic hydroxyl groups is 1. The second kappa shape index (κ2) is 10.4. The first-order valence-electron chi connectivity index (χ1n) is 7.31. The van der Waals surface area contributed by atoms with E-state index in [0.717, 1.165) is 0 Å². The Bertz CT molecular complexity index is 557. The van der Waals surface area contributed by atoms with Crippen molar-refractivity contribution in [3.8, 4) is 11.8 Å². The number of nitrogens with one attached hydrogen (secondary N) is 1. The Morgan fingerprint density at radius 3 is 2.82 bits per heavy atom. The van der Waals surface area contributed by atoms with Crippen molar-refractivity contribution >= 4 is 11.9 Å². The summed E-state index contributed by atoms with van der Waals surface area (Å²) in [5.41, 5.74) is 1.11. The molecule has 0 aliphatic heterocycles. The minimum absolute atomic E-state index is 0.102. The average molecular weight is 303 g/mol. The smallest absolute Gasteiger partial charge is 0.307 e. The van der Waals surface area contributed by atoms with Gasteiger partial charge in [0, 0.05) is 25.1 Å². The highest BCUT2D eigenvalue weighted by Crippen LogP contribution is 2.07. The predicted molar refractivity (Wildman–Crippen MR) is 83.2 cm³/mol. The third-order valence-electron chi connectivity index (χ3n) is 2.77. The lowest BCUT2D eigenvalue weighted by molar-refractivity contribution is -0.142. The number of benzene rings is 1. The second-order valence-corrected chi connectivity index (χ2v) is 4.49. The van der Waals surface area contributed by atoms with Crippen molar-refractivity contribution in [1.29, 1.82) is 0 Å². The van der Waals surface area contributed by atoms with E-state index in [4.69, 9.17) is 9.84 Å². The van der Waals surface area contributed by atoms with Gasteiger partial charge in [0.25, 0.3) is 5.91 Å². The van der Waals surface area contributed by atoms with Crippen LogP contribution in [-0.2, 0) is 9.53 Å². The average Bonchev–Trinajstić information content (AvgIpc) is 2.52. The van der Waals surface area contributed by atoms with Crippen molar-refractivity contribution < 1.29 is 19.4 Å². The Kier molecular flexibility index (Phi) is 8.39. The molecular weight excluding hydrogens is 282 g/mol. The first-order valence-corrected chi connectivity index (χ1v) is 7.31. The third kappa shape index (κ3) is 6.42. The van der Waals surface area contributed by atoms with Crippen LogP contribution in [0, 0.1) is 11.8 Å². The summed E-state index contributed by atoms with van der Waals surface area (Å²) in [6.07, 6.45) is 1.33. The molecule has 2 N–H and O–H groups in total. The van der Waals surface area contributed by atoms with E-state index in [1.54, 1.807) is 25.1 Å². The van der Waals surface area contributed by atoms with Gasteiger partial charge in [0.1, 0.15) is 0 Å². The highest BCUT2D eigenvalue weighted by Gasteiger charge is 2.10. The molecule has 0 heterocycles. The number of ether oxygens (including phenoxy) is 1. The summed E-state index contributed by atoms with van der Waals surface area (Å²) in [6, 6.07) is 7.03. The summed E-state index contributed by atoms with van der Waals surface area (Å²) < 4.78 is 4.80. The molecule has 0 saturated heterocycles. The molecule has 0 spiro atoms. The van der Waals surface area contributed by atoms with Crippen LogP contribution < -0.4 is 5.32 Å². The van der Waals surface area contributed by atoms with E-state index >= 15 is 0 Å². The third-order valence-corrected chi connectivity index (χ3v) is 2.77. The summed E-state index contributed by atoms with van der Waals surface area (Å²) >= 11 is 0. The fourth-order valence-electron chi connectivity index (χ4n) is 1.72. The van der Waals surface area contributed by atoms with Gasteiger partial charge in [-0.3, -0.25) is 9.59 Å². The topological polar surface area (TPSA) is 75.6 Å². The van der Waals surface area contributed by atoms with E-state index in [2.05, 4.69) is 17.2 Å². The number of unbranched alkanes of at least 4 members (excludes halogenated alkanes) is 1. The normalized spacial score (nSPS) is 9.55. The molecule has 118 valence electrons. The number of hydrogen-bond acceptors (Lipinski definition) is 4. The van der Waals surface area contributed by atoms with Crippen molar-refractivity contribution in [3.05, 3.63) is 35.4 Å². The molecule has 5 nitrogen and oxygen atoms in total. The van der Waals surface area contributed by atoms with Gasteiger partial charge in [-0.05, 0) is 25.5 Å². The Hall–Kier alpha value is -2.32. The van der Waals surface area contributed by atoms with Gasteiger partial charge in [-0.1, -0.05) is 24.0 Å². The molecule has 0 bridgehead atoms. The maximum absolute atomic E-state index is 12.1. The quantitative estimate of drug-likeness (QED) is 0.455. The van der Waals surface area contributed by atoms with Crippen LogP contribution in [0.4, 0.5) is 0 Å². The van der Waals surface area contributed by atoms with Crippen molar-refractivity contribution in [3.63, 3.8) is 0 Å². The lowest BCUT2D eigenvalue weighted by Gasteiger charge is -2.06. The summed E-state index contributed by atoms with van der Waals surface area (Å²) in [4.78, 5) is 23.3. The molecule has 0 aliphatic carbocycles. The van der Waals surface area contributed by atoms with Crippen LogP contribution in [0.2, 0.25) is 0 Å². The first kappa shape index (κ1) is 17.7. The van der Waals surface area contributed by atoms with E-state index in [-0.39, 0.29) is 31.4 Å². The Morgan fingerprint density at radius 2 is 2.09 bits per heavy atom. The largest absolute Gasteiger partial charge is 0.466 e. The minimum atomic E-state index is -0.333. The van der Waals surface area contributed by atoms with Crippen LogP contribution in [0.3, 0.4) is 0 Å². The molecule has 0 aromatic heterocycles. The van der Waals surface area contributed by atoms with E-state index < -0.39 is 0 Å². The van der Waals surface area contributed by atoms with Gasteiger partial charge >= 0.3 is 5.97 Å². The van der Waals surface area contributed by atoms with Crippen LogP contribution >= 0.6 is 0 Å². The van der Waals surface area contributed by atoms with Crippen molar-refractivity contribution in [1.82, 2.24) is 5.32 Å². The highest BCUT2D eigenvalue weighted by atomic mass is 16.5. The Morgan fingerprint density at radius 1 is 1.32 bits per heavy atom. The van der Waals surface area contributed by atoms with Gasteiger partial charge in [-0.15, -0.1) is 0 Å². The van der Waals surface area contributed by atoms with Crippen LogP contribution in [0.5, 0.6) is 0 Å². The number of carbonyl (C=O) groups is 2. The zero-order chi connectivity index (χ0) is 16.2. The van der Waals surface area contributed by atoms with Crippen LogP contribution in [-0.4, -0.2) is 36.7 Å². The Labute approximate surface area is 130 Å². The van der Waals surface area contributed by atoms with Gasteiger partial charge in [0.05, 0.1) is 18.6 Å². The van der Waals surface area contributed by atoms with Crippen molar-refractivity contribution in [2.75, 3.05) is 19.8 Å². The zero-order valence-corrected chi connectivity index (χ0v) is 12.7. The highest BCUT2D eigenvalue weighted by molar-refractivity contribution is 5.96. The maximum Gasteiger partial charge on any atom is 0.307 e. The van der Waals surface area contributed by atoms with E-state index in [0.29, 0.717) is 30.6 Å². The van der Waals surface area contributed by atoms with E-state index in [9.17, 15) is 9.59 Å². The molecule has 1 aromatic carbocycles. The van der Waals surface area contributed by atoms with Crippen LogP contribution in [0.15, 0.2) is 24.3 Å². The number of hydrogen-bond donors (Lipinski definition) is 2. The van der Waals surface area contributed by atoms with Crippen molar-refractivity contribution in [2.24, 2.45) is 0 Å². The molecule has 0 aliphatic rings. The van der Waals surface area contributed by atoms with Gasteiger partial charge < -0.3 is 15.2 Å². The predicted octanol–water partition coefficient (Wildman–Crippen LogP) is 1.49. The monoisotopic (exact) mass is 303 g/mol. The molecule has 0 unspecified atom stereocenters. The van der Waals surface area contributed by atoms with E-state index in [1.807, 2.05) is 6.07 Å². The molecule has 5 heteroatoms. The summed E-state index contributed by atoms with van der Waals surface area (Å²) in [5, 5.41) is 11.4. The van der Waals surface area contributed by atoms with Crippen molar-refractivity contribution in [2.45, 2.75) is 26.2 Å². The molecule has 0 saturated carbocycles. The molecule has 0 radical (unpaired) electrons. The molecule has 22 heavy (non-hydrogen) atoms. The number of amides is 1. The molecular formula is C17H21NO4. The lowest BCUT2D eigenvalue weighted by atomic mass is 10.1. The summed E-state index contributed by atoms with van der Waals surface area (Å²) in [6.45, 7) is 2.40. The second-order valence-electron chi connectivity index (χ2n) is 4.49. The number of aliphatic hydroxyl groups excluding tert-OH is 1. The molecule has 0 fully saturated rings. The number of rotatable bonds is 7. The van der Waals surface area contributed by atoms with Gasteiger partial charge in [0.2, 0.25) is 0 Å². The molecule has 1 aromatic rings. The first-order chi connectivity index (χ1) is 10.7.